The van der Waals surface area contributed by atoms with Crippen LogP contribution in [0.25, 0.3) is 0 Å². The van der Waals surface area contributed by atoms with Crippen LogP contribution < -0.4 is 5.32 Å². The van der Waals surface area contributed by atoms with Crippen LogP contribution in [0.2, 0.25) is 0 Å². The Kier molecular flexibility index (Phi) is 5.17. The second kappa shape index (κ2) is 6.88. The lowest BCUT2D eigenvalue weighted by Crippen LogP contribution is -2.26. The lowest BCUT2D eigenvalue weighted by molar-refractivity contribution is 0.0557. The second-order valence-corrected chi connectivity index (χ2v) is 5.68. The van der Waals surface area contributed by atoms with Gasteiger partial charge in [0.2, 0.25) is 0 Å². The van der Waals surface area contributed by atoms with Gasteiger partial charge in [0.05, 0.1) is 12.7 Å². The normalized spacial score (nSPS) is 18.4. The molecule has 0 amide bonds. The van der Waals surface area contributed by atoms with Crippen molar-refractivity contribution in [3.8, 4) is 0 Å². The zero-order chi connectivity index (χ0) is 13.7. The van der Waals surface area contributed by atoms with Gasteiger partial charge in [-0.2, -0.15) is 0 Å². The van der Waals surface area contributed by atoms with Crippen molar-refractivity contribution in [1.29, 1.82) is 0 Å². The van der Waals surface area contributed by atoms with E-state index in [2.05, 4.69) is 50.0 Å². The van der Waals surface area contributed by atoms with E-state index in [-0.39, 0.29) is 6.10 Å². The van der Waals surface area contributed by atoms with Crippen molar-refractivity contribution < 1.29 is 4.74 Å². The van der Waals surface area contributed by atoms with E-state index >= 15 is 0 Å². The molecule has 0 aliphatic heterocycles. The third-order valence-electron chi connectivity index (χ3n) is 3.56. The number of benzene rings is 1. The number of hydrogen-bond acceptors (Lipinski definition) is 2. The molecule has 0 spiro atoms. The minimum absolute atomic E-state index is 0.251. The summed E-state index contributed by atoms with van der Waals surface area (Å²) in [6.45, 7) is 9.86. The molecular weight excluding hydrogens is 234 g/mol. The van der Waals surface area contributed by atoms with Crippen LogP contribution in [0, 0.1) is 0 Å². The lowest BCUT2D eigenvalue weighted by Gasteiger charge is -2.26. The quantitative estimate of drug-likeness (QED) is 0.788. The van der Waals surface area contributed by atoms with Crippen molar-refractivity contribution >= 4 is 0 Å². The van der Waals surface area contributed by atoms with Gasteiger partial charge < -0.3 is 10.1 Å². The lowest BCUT2D eigenvalue weighted by atomic mass is 9.89. The van der Waals surface area contributed by atoms with E-state index in [0.717, 1.165) is 18.5 Å². The topological polar surface area (TPSA) is 21.3 Å². The molecule has 0 heterocycles. The maximum absolute atomic E-state index is 6.06. The van der Waals surface area contributed by atoms with Gasteiger partial charge in [0, 0.05) is 12.6 Å². The molecule has 2 rings (SSSR count). The summed E-state index contributed by atoms with van der Waals surface area (Å²) >= 11 is 0. The molecule has 2 heteroatoms. The summed E-state index contributed by atoms with van der Waals surface area (Å²) in [6, 6.07) is 9.14. The zero-order valence-corrected chi connectivity index (χ0v) is 12.1. The number of ether oxygens (including phenoxy) is 1. The average molecular weight is 259 g/mol. The minimum Gasteiger partial charge on any atom is -0.369 e. The van der Waals surface area contributed by atoms with Crippen molar-refractivity contribution in [2.24, 2.45) is 0 Å². The Hall–Kier alpha value is -1.12. The Morgan fingerprint density at radius 1 is 1.42 bits per heavy atom. The fourth-order valence-electron chi connectivity index (χ4n) is 2.50. The summed E-state index contributed by atoms with van der Waals surface area (Å²) in [5, 5.41) is 3.37. The van der Waals surface area contributed by atoms with E-state index < -0.39 is 0 Å². The molecule has 104 valence electrons. The molecule has 0 fully saturated rings. The smallest absolute Gasteiger partial charge is 0.0832 e. The molecule has 2 nitrogen and oxygen atoms in total. The first-order chi connectivity index (χ1) is 9.16. The Balaban J connectivity index is 1.86. The molecule has 0 aromatic heterocycles. The number of nitrogens with one attached hydrogen (secondary N) is 1. The number of fused-ring (bicyclic) bond motifs is 1. The van der Waals surface area contributed by atoms with Crippen LogP contribution in [0.5, 0.6) is 0 Å². The molecule has 19 heavy (non-hydrogen) atoms. The summed E-state index contributed by atoms with van der Waals surface area (Å²) in [5.74, 6) is 0. The second-order valence-electron chi connectivity index (χ2n) is 5.68. The van der Waals surface area contributed by atoms with Gasteiger partial charge >= 0.3 is 0 Å². The summed E-state index contributed by atoms with van der Waals surface area (Å²) in [7, 11) is 0. The van der Waals surface area contributed by atoms with Gasteiger partial charge in [0.1, 0.15) is 0 Å². The molecule has 1 aliphatic rings. The predicted octanol–water partition coefficient (Wildman–Crippen LogP) is 3.63. The number of aryl methyl sites for hydroxylation is 1. The van der Waals surface area contributed by atoms with Crippen molar-refractivity contribution in [1.82, 2.24) is 5.32 Å². The van der Waals surface area contributed by atoms with Crippen LogP contribution in [0.15, 0.2) is 36.4 Å². The summed E-state index contributed by atoms with van der Waals surface area (Å²) in [4.78, 5) is 0. The first-order valence-electron chi connectivity index (χ1n) is 7.26. The Labute approximate surface area is 116 Å². The van der Waals surface area contributed by atoms with Gasteiger partial charge in [0.25, 0.3) is 0 Å². The number of hydrogen-bond donors (Lipinski definition) is 1. The maximum atomic E-state index is 6.06. The first kappa shape index (κ1) is 14.3. The number of rotatable bonds is 6. The van der Waals surface area contributed by atoms with E-state index in [9.17, 15) is 0 Å². The zero-order valence-electron chi connectivity index (χ0n) is 12.1. The van der Waals surface area contributed by atoms with Crippen molar-refractivity contribution in [3.63, 3.8) is 0 Å². The van der Waals surface area contributed by atoms with E-state index in [0.29, 0.717) is 12.6 Å². The Bertz CT molecular complexity index is 425. The highest BCUT2D eigenvalue weighted by molar-refractivity contribution is 5.31. The average Bonchev–Trinajstić information content (AvgIpc) is 2.42. The SMILES string of the molecule is C=C(CNC(C)C)COC1CCCc2ccccc21. The van der Waals surface area contributed by atoms with Gasteiger partial charge in [-0.05, 0) is 36.0 Å². The highest BCUT2D eigenvalue weighted by Gasteiger charge is 2.20. The van der Waals surface area contributed by atoms with Crippen molar-refractivity contribution in [3.05, 3.63) is 47.5 Å². The van der Waals surface area contributed by atoms with E-state index in [1.54, 1.807) is 0 Å². The summed E-state index contributed by atoms with van der Waals surface area (Å²) in [5.41, 5.74) is 3.94. The van der Waals surface area contributed by atoms with Crippen LogP contribution in [-0.4, -0.2) is 19.2 Å². The molecule has 1 atom stereocenters. The van der Waals surface area contributed by atoms with Crippen LogP contribution >= 0.6 is 0 Å². The van der Waals surface area contributed by atoms with E-state index in [1.165, 1.54) is 24.0 Å². The Morgan fingerprint density at radius 2 is 2.21 bits per heavy atom. The molecule has 1 unspecified atom stereocenters. The monoisotopic (exact) mass is 259 g/mol. The van der Waals surface area contributed by atoms with Crippen LogP contribution in [0.3, 0.4) is 0 Å². The fourth-order valence-corrected chi connectivity index (χ4v) is 2.50. The van der Waals surface area contributed by atoms with Crippen LogP contribution in [0.4, 0.5) is 0 Å². The first-order valence-corrected chi connectivity index (χ1v) is 7.26. The van der Waals surface area contributed by atoms with Crippen molar-refractivity contribution in [2.75, 3.05) is 13.2 Å². The standard InChI is InChI=1S/C17H25NO/c1-13(2)18-11-14(3)12-19-17-10-6-8-15-7-4-5-9-16(15)17/h4-5,7,9,13,17-18H,3,6,8,10-12H2,1-2H3. The van der Waals surface area contributed by atoms with Crippen LogP contribution in [-0.2, 0) is 11.2 Å². The van der Waals surface area contributed by atoms with Gasteiger partial charge in [0.15, 0.2) is 0 Å². The molecule has 0 saturated carbocycles. The van der Waals surface area contributed by atoms with Gasteiger partial charge in [-0.3, -0.25) is 0 Å². The van der Waals surface area contributed by atoms with E-state index in [1.807, 2.05) is 0 Å². The van der Waals surface area contributed by atoms with Gasteiger partial charge in [-0.1, -0.05) is 44.7 Å². The minimum atomic E-state index is 0.251. The van der Waals surface area contributed by atoms with Crippen molar-refractivity contribution in [2.45, 2.75) is 45.3 Å². The molecular formula is C17H25NO. The van der Waals surface area contributed by atoms with Gasteiger partial charge in [-0.25, -0.2) is 0 Å². The molecule has 1 aromatic carbocycles. The third kappa shape index (κ3) is 4.19. The largest absolute Gasteiger partial charge is 0.369 e. The van der Waals surface area contributed by atoms with Crippen LogP contribution in [0.1, 0.15) is 43.9 Å². The molecule has 1 N–H and O–H groups in total. The fraction of sp³-hybridized carbons (Fsp3) is 0.529. The molecule has 1 aromatic rings. The molecule has 1 aliphatic carbocycles. The predicted molar refractivity (Wildman–Crippen MR) is 80.4 cm³/mol. The molecule has 0 radical (unpaired) electrons. The summed E-state index contributed by atoms with van der Waals surface area (Å²) < 4.78 is 6.06. The maximum Gasteiger partial charge on any atom is 0.0832 e. The molecule has 0 bridgehead atoms. The van der Waals surface area contributed by atoms with Gasteiger partial charge in [-0.15, -0.1) is 0 Å². The highest BCUT2D eigenvalue weighted by Crippen LogP contribution is 2.32. The highest BCUT2D eigenvalue weighted by atomic mass is 16.5. The summed E-state index contributed by atoms with van der Waals surface area (Å²) in [6.07, 6.45) is 3.78. The Morgan fingerprint density at radius 3 is 3.00 bits per heavy atom. The molecule has 0 saturated heterocycles. The van der Waals surface area contributed by atoms with E-state index in [4.69, 9.17) is 4.74 Å². The third-order valence-corrected chi connectivity index (χ3v) is 3.56.